The summed E-state index contributed by atoms with van der Waals surface area (Å²) >= 11 is 0. The lowest BCUT2D eigenvalue weighted by Crippen LogP contribution is -2.48. The molecular formula is C23H34N4O2. The number of fused-ring (bicyclic) bond motifs is 1. The lowest BCUT2D eigenvalue weighted by atomic mass is 10.0. The second-order valence-corrected chi connectivity index (χ2v) is 8.73. The van der Waals surface area contributed by atoms with E-state index in [-0.39, 0.29) is 6.09 Å². The van der Waals surface area contributed by atoms with Crippen molar-refractivity contribution in [2.45, 2.75) is 44.6 Å². The molecule has 0 unspecified atom stereocenters. The predicted octanol–water partition coefficient (Wildman–Crippen LogP) is 3.72. The Morgan fingerprint density at radius 1 is 1.14 bits per heavy atom. The monoisotopic (exact) mass is 398 g/mol. The molecule has 3 heterocycles. The van der Waals surface area contributed by atoms with E-state index in [2.05, 4.69) is 28.9 Å². The van der Waals surface area contributed by atoms with Gasteiger partial charge in [0.05, 0.1) is 0 Å². The maximum atomic E-state index is 12.9. The molecular weight excluding hydrogens is 364 g/mol. The van der Waals surface area contributed by atoms with E-state index >= 15 is 0 Å². The molecule has 4 rings (SSSR count). The molecule has 6 heteroatoms. The van der Waals surface area contributed by atoms with Crippen molar-refractivity contribution >= 4 is 17.0 Å². The molecule has 6 nitrogen and oxygen atoms in total. The first-order valence-electron chi connectivity index (χ1n) is 11.1. The van der Waals surface area contributed by atoms with E-state index in [1.54, 1.807) is 0 Å². The summed E-state index contributed by atoms with van der Waals surface area (Å²) in [4.78, 5) is 22.9. The molecule has 0 aliphatic carbocycles. The number of carbonyl (C=O) groups excluding carboxylic acids is 1. The van der Waals surface area contributed by atoms with E-state index in [0.717, 1.165) is 49.8 Å². The summed E-state index contributed by atoms with van der Waals surface area (Å²) < 4.78 is 5.89. The molecule has 2 fully saturated rings. The number of aromatic amines is 1. The van der Waals surface area contributed by atoms with Gasteiger partial charge in [0.2, 0.25) is 0 Å². The molecule has 1 N–H and O–H groups in total. The number of likely N-dealkylation sites (tertiary alicyclic amines) is 2. The molecule has 2 aliphatic rings. The Bertz CT molecular complexity index is 817. The molecule has 1 aromatic carbocycles. The van der Waals surface area contributed by atoms with Crippen LogP contribution in [0.2, 0.25) is 0 Å². The van der Waals surface area contributed by atoms with Gasteiger partial charge < -0.3 is 24.4 Å². The largest absolute Gasteiger partial charge is 0.415 e. The van der Waals surface area contributed by atoms with Crippen molar-refractivity contribution in [3.8, 4) is 5.75 Å². The second kappa shape index (κ2) is 9.18. The molecule has 2 aromatic rings. The lowest BCUT2D eigenvalue weighted by Gasteiger charge is -2.39. The van der Waals surface area contributed by atoms with Crippen molar-refractivity contribution in [1.82, 2.24) is 19.7 Å². The molecule has 2 saturated heterocycles. The summed E-state index contributed by atoms with van der Waals surface area (Å²) in [6.45, 7) is 4.98. The van der Waals surface area contributed by atoms with Crippen molar-refractivity contribution in [2.75, 3.05) is 46.8 Å². The van der Waals surface area contributed by atoms with Crippen LogP contribution in [0.1, 0.15) is 37.7 Å². The Kier molecular flexibility index (Phi) is 6.40. The number of nitrogens with one attached hydrogen (secondary N) is 1. The summed E-state index contributed by atoms with van der Waals surface area (Å²) in [6.07, 6.45) is 8.85. The van der Waals surface area contributed by atoms with Crippen LogP contribution in [-0.4, -0.2) is 78.6 Å². The molecule has 29 heavy (non-hydrogen) atoms. The Labute approximate surface area is 173 Å². The van der Waals surface area contributed by atoms with Gasteiger partial charge in [0.1, 0.15) is 5.75 Å². The van der Waals surface area contributed by atoms with Gasteiger partial charge >= 0.3 is 6.09 Å². The van der Waals surface area contributed by atoms with E-state index in [0.29, 0.717) is 11.8 Å². The highest BCUT2D eigenvalue weighted by Crippen LogP contribution is 2.30. The zero-order valence-corrected chi connectivity index (χ0v) is 17.8. The average molecular weight is 399 g/mol. The molecule has 2 aliphatic heterocycles. The van der Waals surface area contributed by atoms with Gasteiger partial charge in [-0.3, -0.25) is 0 Å². The maximum Gasteiger partial charge on any atom is 0.415 e. The van der Waals surface area contributed by atoms with Gasteiger partial charge in [-0.1, -0.05) is 12.5 Å². The highest BCUT2D eigenvalue weighted by molar-refractivity contribution is 5.91. The number of piperidine rings is 2. The number of benzene rings is 1. The fourth-order valence-electron chi connectivity index (χ4n) is 4.70. The van der Waals surface area contributed by atoms with Gasteiger partial charge in [-0.2, -0.15) is 0 Å². The number of amides is 1. The molecule has 0 spiro atoms. The Hall–Kier alpha value is -2.05. The minimum Gasteiger partial charge on any atom is -0.409 e. The van der Waals surface area contributed by atoms with Crippen LogP contribution >= 0.6 is 0 Å². The van der Waals surface area contributed by atoms with E-state index in [1.807, 2.05) is 29.3 Å². The van der Waals surface area contributed by atoms with Gasteiger partial charge in [0.25, 0.3) is 0 Å². The summed E-state index contributed by atoms with van der Waals surface area (Å²) in [7, 11) is 4.15. The molecule has 158 valence electrons. The standard InChI is InChI=1S/C23H34N4O2/c1-25(2)14-9-18-17-24-20-7-6-8-21(22(18)20)29-23(28)27-15-10-19(11-16-27)26-12-4-3-5-13-26/h6-8,17,19,24H,3-5,9-16H2,1-2H3. The van der Waals surface area contributed by atoms with Crippen LogP contribution < -0.4 is 4.74 Å². The first kappa shape index (κ1) is 20.2. The first-order chi connectivity index (χ1) is 14.1. The SMILES string of the molecule is CN(C)CCc1c[nH]c2cccc(OC(=O)N3CCC(N4CCCCC4)CC3)c12. The fraction of sp³-hybridized carbons (Fsp3) is 0.609. The van der Waals surface area contributed by atoms with Crippen LogP contribution in [0, 0.1) is 0 Å². The van der Waals surface area contributed by atoms with Gasteiger partial charge in [0.15, 0.2) is 0 Å². The topological polar surface area (TPSA) is 51.8 Å². The fourth-order valence-corrected chi connectivity index (χ4v) is 4.70. The zero-order chi connectivity index (χ0) is 20.2. The third-order valence-corrected chi connectivity index (χ3v) is 6.40. The van der Waals surface area contributed by atoms with Gasteiger partial charge in [-0.05, 0) is 77.0 Å². The lowest BCUT2D eigenvalue weighted by molar-refractivity contribution is 0.0880. The third-order valence-electron chi connectivity index (χ3n) is 6.40. The van der Waals surface area contributed by atoms with Gasteiger partial charge in [0, 0.05) is 42.8 Å². The van der Waals surface area contributed by atoms with Crippen LogP contribution in [0.3, 0.4) is 0 Å². The predicted molar refractivity (Wildman–Crippen MR) is 117 cm³/mol. The average Bonchev–Trinajstić information content (AvgIpc) is 3.17. The quantitative estimate of drug-likeness (QED) is 0.834. The summed E-state index contributed by atoms with van der Waals surface area (Å²) in [6, 6.07) is 6.52. The maximum absolute atomic E-state index is 12.9. The zero-order valence-electron chi connectivity index (χ0n) is 17.8. The molecule has 0 radical (unpaired) electrons. The summed E-state index contributed by atoms with van der Waals surface area (Å²) in [5.74, 6) is 0.667. The van der Waals surface area contributed by atoms with E-state index in [1.165, 1.54) is 37.9 Å². The van der Waals surface area contributed by atoms with Gasteiger partial charge in [-0.25, -0.2) is 4.79 Å². The highest BCUT2D eigenvalue weighted by Gasteiger charge is 2.28. The normalized spacial score (nSPS) is 19.2. The van der Waals surface area contributed by atoms with Crippen LogP contribution in [0.4, 0.5) is 4.79 Å². The van der Waals surface area contributed by atoms with Crippen LogP contribution in [-0.2, 0) is 6.42 Å². The van der Waals surface area contributed by atoms with E-state index < -0.39 is 0 Å². The Morgan fingerprint density at radius 2 is 1.90 bits per heavy atom. The molecule has 0 atom stereocenters. The van der Waals surface area contributed by atoms with Crippen LogP contribution in [0.5, 0.6) is 5.75 Å². The van der Waals surface area contributed by atoms with Crippen LogP contribution in [0.25, 0.3) is 10.9 Å². The number of rotatable bonds is 5. The molecule has 1 amide bonds. The number of likely N-dealkylation sites (N-methyl/N-ethyl adjacent to an activating group) is 1. The van der Waals surface area contributed by atoms with Crippen molar-refractivity contribution in [1.29, 1.82) is 0 Å². The number of ether oxygens (including phenoxy) is 1. The summed E-state index contributed by atoms with van der Waals surface area (Å²) in [5, 5.41) is 1.03. The van der Waals surface area contributed by atoms with Gasteiger partial charge in [-0.15, -0.1) is 0 Å². The number of carbonyl (C=O) groups is 1. The van der Waals surface area contributed by atoms with Crippen molar-refractivity contribution in [2.24, 2.45) is 0 Å². The van der Waals surface area contributed by atoms with Crippen molar-refractivity contribution in [3.63, 3.8) is 0 Å². The second-order valence-electron chi connectivity index (χ2n) is 8.73. The molecule has 0 saturated carbocycles. The number of nitrogens with zero attached hydrogens (tertiary/aromatic N) is 3. The first-order valence-corrected chi connectivity index (χ1v) is 11.1. The minimum atomic E-state index is -0.214. The van der Waals surface area contributed by atoms with E-state index in [4.69, 9.17) is 4.74 Å². The molecule has 1 aromatic heterocycles. The smallest absolute Gasteiger partial charge is 0.409 e. The number of hydrogen-bond acceptors (Lipinski definition) is 4. The highest BCUT2D eigenvalue weighted by atomic mass is 16.6. The number of hydrogen-bond donors (Lipinski definition) is 1. The number of aromatic nitrogens is 1. The van der Waals surface area contributed by atoms with E-state index in [9.17, 15) is 4.79 Å². The molecule has 0 bridgehead atoms. The third kappa shape index (κ3) is 4.75. The van der Waals surface area contributed by atoms with Crippen molar-refractivity contribution in [3.05, 3.63) is 30.0 Å². The minimum absolute atomic E-state index is 0.214. The van der Waals surface area contributed by atoms with Crippen molar-refractivity contribution < 1.29 is 9.53 Å². The van der Waals surface area contributed by atoms with Crippen LogP contribution in [0.15, 0.2) is 24.4 Å². The Balaban J connectivity index is 1.39. The number of H-pyrrole nitrogens is 1. The Morgan fingerprint density at radius 3 is 2.62 bits per heavy atom. The summed E-state index contributed by atoms with van der Waals surface area (Å²) in [5.41, 5.74) is 2.22.